The summed E-state index contributed by atoms with van der Waals surface area (Å²) < 4.78 is 6.66. The molecule has 0 bridgehead atoms. The molecule has 3 rings (SSSR count). The molecule has 1 aliphatic rings. The summed E-state index contributed by atoms with van der Waals surface area (Å²) in [6, 6.07) is 7.82. The van der Waals surface area contributed by atoms with Gasteiger partial charge in [0, 0.05) is 23.2 Å². The van der Waals surface area contributed by atoms with E-state index in [0.717, 1.165) is 29.5 Å². The smallest absolute Gasteiger partial charge is 0.263 e. The summed E-state index contributed by atoms with van der Waals surface area (Å²) in [6.07, 6.45) is 3.45. The van der Waals surface area contributed by atoms with Gasteiger partial charge in [-0.2, -0.15) is 0 Å². The number of nitrogen functional groups attached to an aromatic ring is 1. The molecule has 20 heavy (non-hydrogen) atoms. The van der Waals surface area contributed by atoms with E-state index in [1.54, 1.807) is 0 Å². The average Bonchev–Trinajstić information content (AvgIpc) is 2.84. The first-order valence-corrected chi connectivity index (χ1v) is 7.74. The van der Waals surface area contributed by atoms with Crippen molar-refractivity contribution >= 4 is 33.0 Å². The Morgan fingerprint density at radius 2 is 2.25 bits per heavy atom. The highest BCUT2D eigenvalue weighted by Crippen LogP contribution is 2.33. The van der Waals surface area contributed by atoms with Crippen molar-refractivity contribution in [2.75, 3.05) is 18.9 Å². The van der Waals surface area contributed by atoms with Crippen molar-refractivity contribution in [2.45, 2.75) is 25.4 Å². The van der Waals surface area contributed by atoms with Crippen molar-refractivity contribution < 1.29 is 9.53 Å². The van der Waals surface area contributed by atoms with Gasteiger partial charge in [-0.1, -0.05) is 18.2 Å². The number of benzene rings is 1. The molecule has 0 saturated carbocycles. The van der Waals surface area contributed by atoms with Crippen LogP contribution < -0.4 is 11.1 Å². The molecule has 2 heterocycles. The van der Waals surface area contributed by atoms with Crippen LogP contribution in [0.3, 0.4) is 0 Å². The number of anilines is 1. The third-order valence-corrected chi connectivity index (χ3v) is 4.79. The van der Waals surface area contributed by atoms with E-state index in [0.29, 0.717) is 17.1 Å². The summed E-state index contributed by atoms with van der Waals surface area (Å²) in [5.74, 6) is -0.0992. The number of amides is 1. The Bertz CT molecular complexity index is 617. The van der Waals surface area contributed by atoms with Crippen LogP contribution in [0, 0.1) is 0 Å². The van der Waals surface area contributed by atoms with Crippen LogP contribution in [0.4, 0.5) is 5.69 Å². The van der Waals surface area contributed by atoms with Crippen LogP contribution in [0.15, 0.2) is 24.3 Å². The van der Waals surface area contributed by atoms with Gasteiger partial charge in [0.15, 0.2) is 0 Å². The molecule has 0 aliphatic carbocycles. The van der Waals surface area contributed by atoms with E-state index in [4.69, 9.17) is 10.5 Å². The second-order valence-electron chi connectivity index (χ2n) is 5.04. The van der Waals surface area contributed by atoms with Crippen molar-refractivity contribution in [3.63, 3.8) is 0 Å². The van der Waals surface area contributed by atoms with Crippen molar-refractivity contribution in [2.24, 2.45) is 0 Å². The zero-order valence-corrected chi connectivity index (χ0v) is 12.0. The van der Waals surface area contributed by atoms with Gasteiger partial charge in [0.05, 0.1) is 11.8 Å². The molecule has 1 saturated heterocycles. The first kappa shape index (κ1) is 13.4. The Kier molecular flexibility index (Phi) is 3.89. The summed E-state index contributed by atoms with van der Waals surface area (Å²) in [6.45, 7) is 1.36. The van der Waals surface area contributed by atoms with Gasteiger partial charge in [0.25, 0.3) is 5.91 Å². The number of fused-ring (bicyclic) bond motifs is 1. The van der Waals surface area contributed by atoms with E-state index in [1.165, 1.54) is 17.8 Å². The number of hydrogen-bond donors (Lipinski definition) is 2. The summed E-state index contributed by atoms with van der Waals surface area (Å²) >= 11 is 1.44. The van der Waals surface area contributed by atoms with Crippen LogP contribution in [0.5, 0.6) is 0 Å². The van der Waals surface area contributed by atoms with E-state index in [1.807, 2.05) is 24.3 Å². The summed E-state index contributed by atoms with van der Waals surface area (Å²) in [5.41, 5.74) is 6.64. The molecule has 0 spiro atoms. The van der Waals surface area contributed by atoms with Crippen molar-refractivity contribution in [1.82, 2.24) is 5.32 Å². The minimum Gasteiger partial charge on any atom is -0.397 e. The maximum Gasteiger partial charge on any atom is 0.263 e. The number of carbonyl (C=O) groups is 1. The van der Waals surface area contributed by atoms with Gasteiger partial charge in [-0.15, -0.1) is 11.3 Å². The number of nitrogens with one attached hydrogen (secondary N) is 1. The number of nitrogens with two attached hydrogens (primary N) is 1. The SMILES string of the molecule is Nc1c(C(=O)NCC2CCCCO2)sc2ccccc12. The lowest BCUT2D eigenvalue weighted by atomic mass is 10.1. The van der Waals surface area contributed by atoms with E-state index in [2.05, 4.69) is 5.32 Å². The van der Waals surface area contributed by atoms with Gasteiger partial charge < -0.3 is 15.8 Å². The predicted octanol–water partition coefficient (Wildman–Crippen LogP) is 2.78. The quantitative estimate of drug-likeness (QED) is 0.913. The lowest BCUT2D eigenvalue weighted by molar-refractivity contribution is 0.0169. The molecule has 3 N–H and O–H groups in total. The van der Waals surface area contributed by atoms with E-state index in [-0.39, 0.29) is 12.0 Å². The van der Waals surface area contributed by atoms with Crippen molar-refractivity contribution in [3.8, 4) is 0 Å². The minimum atomic E-state index is -0.0992. The molecule has 1 aliphatic heterocycles. The van der Waals surface area contributed by atoms with Crippen LogP contribution in [0.25, 0.3) is 10.1 Å². The average molecular weight is 290 g/mol. The fourth-order valence-corrected chi connectivity index (χ4v) is 3.53. The predicted molar refractivity (Wildman–Crippen MR) is 82.2 cm³/mol. The van der Waals surface area contributed by atoms with E-state index >= 15 is 0 Å². The van der Waals surface area contributed by atoms with Crippen molar-refractivity contribution in [1.29, 1.82) is 0 Å². The molecule has 4 nitrogen and oxygen atoms in total. The van der Waals surface area contributed by atoms with E-state index < -0.39 is 0 Å². The largest absolute Gasteiger partial charge is 0.397 e. The highest BCUT2D eigenvalue weighted by molar-refractivity contribution is 7.21. The molecule has 0 radical (unpaired) electrons. The van der Waals surface area contributed by atoms with Crippen LogP contribution in [-0.4, -0.2) is 25.2 Å². The Labute approximate surface area is 121 Å². The highest BCUT2D eigenvalue weighted by atomic mass is 32.1. The molecule has 2 aromatic rings. The summed E-state index contributed by atoms with van der Waals surface area (Å²) in [4.78, 5) is 12.8. The molecule has 1 fully saturated rings. The number of carbonyl (C=O) groups excluding carboxylic acids is 1. The Morgan fingerprint density at radius 1 is 1.40 bits per heavy atom. The number of hydrogen-bond acceptors (Lipinski definition) is 4. The maximum atomic E-state index is 12.2. The van der Waals surface area contributed by atoms with Crippen molar-refractivity contribution in [3.05, 3.63) is 29.1 Å². The van der Waals surface area contributed by atoms with Gasteiger partial charge >= 0.3 is 0 Å². The Balaban J connectivity index is 1.70. The standard InChI is InChI=1S/C15H18N2O2S/c16-13-11-6-1-2-7-12(11)20-14(13)15(18)17-9-10-5-3-4-8-19-10/h1-2,6-7,10H,3-5,8-9,16H2,(H,17,18). The second-order valence-corrected chi connectivity index (χ2v) is 6.09. The molecule has 1 unspecified atom stereocenters. The van der Waals surface area contributed by atoms with Gasteiger partial charge in [-0.05, 0) is 25.3 Å². The van der Waals surface area contributed by atoms with Gasteiger partial charge in [-0.3, -0.25) is 4.79 Å². The lowest BCUT2D eigenvalue weighted by Gasteiger charge is -2.22. The Morgan fingerprint density at radius 3 is 3.00 bits per heavy atom. The van der Waals surface area contributed by atoms with Crippen LogP contribution in [0.1, 0.15) is 28.9 Å². The maximum absolute atomic E-state index is 12.2. The fourth-order valence-electron chi connectivity index (χ4n) is 2.49. The monoisotopic (exact) mass is 290 g/mol. The topological polar surface area (TPSA) is 64.4 Å². The minimum absolute atomic E-state index is 0.0992. The normalized spacial score (nSPS) is 19.1. The molecular weight excluding hydrogens is 272 g/mol. The van der Waals surface area contributed by atoms with E-state index in [9.17, 15) is 4.79 Å². The Hall–Kier alpha value is -1.59. The lowest BCUT2D eigenvalue weighted by Crippen LogP contribution is -2.35. The molecular formula is C15H18N2O2S. The summed E-state index contributed by atoms with van der Waals surface area (Å²) in [7, 11) is 0. The third kappa shape index (κ3) is 2.64. The molecule has 5 heteroatoms. The van der Waals surface area contributed by atoms with Crippen LogP contribution in [0.2, 0.25) is 0 Å². The van der Waals surface area contributed by atoms with Gasteiger partial charge in [0.2, 0.25) is 0 Å². The highest BCUT2D eigenvalue weighted by Gasteiger charge is 2.19. The van der Waals surface area contributed by atoms with Gasteiger partial charge in [0.1, 0.15) is 4.88 Å². The molecule has 1 aromatic carbocycles. The molecule has 1 atom stereocenters. The first-order valence-electron chi connectivity index (χ1n) is 6.92. The molecule has 1 amide bonds. The molecule has 106 valence electrons. The number of ether oxygens (including phenoxy) is 1. The second kappa shape index (κ2) is 5.81. The zero-order valence-electron chi connectivity index (χ0n) is 11.2. The van der Waals surface area contributed by atoms with Gasteiger partial charge in [-0.25, -0.2) is 0 Å². The third-order valence-electron chi connectivity index (χ3n) is 3.60. The fraction of sp³-hybridized carbons (Fsp3) is 0.400. The zero-order chi connectivity index (χ0) is 13.9. The van der Waals surface area contributed by atoms with Crippen LogP contribution >= 0.6 is 11.3 Å². The summed E-state index contributed by atoms with van der Waals surface area (Å²) in [5, 5.41) is 3.89. The number of thiophene rings is 1. The first-order chi connectivity index (χ1) is 9.75. The van der Waals surface area contributed by atoms with Crippen LogP contribution in [-0.2, 0) is 4.74 Å². The molecule has 1 aromatic heterocycles. The number of rotatable bonds is 3.